The Hall–Kier alpha value is -0.0500. The Morgan fingerprint density at radius 2 is 1.94 bits per heavy atom. The van der Waals surface area contributed by atoms with E-state index in [0.29, 0.717) is 16.7 Å². The smallest absolute Gasteiger partial charge is 0.225 e. The number of nitrogens with zero attached hydrogens (tertiary/aromatic N) is 1. The fraction of sp³-hybridized carbons (Fsp3) is 0.933. The van der Waals surface area contributed by atoms with Gasteiger partial charge in [0.05, 0.1) is 0 Å². The van der Waals surface area contributed by atoms with Crippen LogP contribution < -0.4 is 0 Å². The summed E-state index contributed by atoms with van der Waals surface area (Å²) in [6, 6.07) is 0. The van der Waals surface area contributed by atoms with Gasteiger partial charge in [0.15, 0.2) is 0 Å². The SMILES string of the molecule is CCCCC1CCC(C(=O)N(C)CC(C)Br)CC1. The Kier molecular flexibility index (Phi) is 7.28. The van der Waals surface area contributed by atoms with Gasteiger partial charge in [-0.1, -0.05) is 49.0 Å². The second-order valence-corrected chi connectivity index (χ2v) is 7.42. The second-order valence-electron chi connectivity index (χ2n) is 5.86. The molecule has 1 atom stereocenters. The Morgan fingerprint density at radius 1 is 1.33 bits per heavy atom. The number of halogens is 1. The lowest BCUT2D eigenvalue weighted by atomic mass is 9.79. The van der Waals surface area contributed by atoms with Crippen LogP contribution in [-0.4, -0.2) is 29.2 Å². The summed E-state index contributed by atoms with van der Waals surface area (Å²) in [5, 5.41) is 0. The van der Waals surface area contributed by atoms with Gasteiger partial charge in [-0.25, -0.2) is 0 Å². The molecule has 1 rings (SSSR count). The van der Waals surface area contributed by atoms with E-state index in [0.717, 1.165) is 25.3 Å². The Labute approximate surface area is 121 Å². The molecule has 0 aliphatic heterocycles. The van der Waals surface area contributed by atoms with Gasteiger partial charge in [0, 0.05) is 24.3 Å². The van der Waals surface area contributed by atoms with Crippen LogP contribution in [-0.2, 0) is 4.79 Å². The summed E-state index contributed by atoms with van der Waals surface area (Å²) in [4.78, 5) is 14.5. The highest BCUT2D eigenvalue weighted by Crippen LogP contribution is 2.32. The molecule has 1 amide bonds. The number of amides is 1. The molecule has 2 nitrogen and oxygen atoms in total. The van der Waals surface area contributed by atoms with Crippen molar-refractivity contribution < 1.29 is 4.79 Å². The summed E-state index contributed by atoms with van der Waals surface area (Å²) in [6.45, 7) is 5.16. The number of hydrogen-bond donors (Lipinski definition) is 0. The zero-order valence-electron chi connectivity index (χ0n) is 12.1. The molecule has 0 radical (unpaired) electrons. The molecule has 0 heterocycles. The van der Waals surface area contributed by atoms with Crippen LogP contribution in [0.4, 0.5) is 0 Å². The van der Waals surface area contributed by atoms with Gasteiger partial charge in [-0.05, 0) is 31.6 Å². The largest absolute Gasteiger partial charge is 0.344 e. The van der Waals surface area contributed by atoms with Gasteiger partial charge in [0.2, 0.25) is 5.91 Å². The highest BCUT2D eigenvalue weighted by molar-refractivity contribution is 9.09. The number of unbranched alkanes of at least 4 members (excludes halogenated alkanes) is 1. The molecule has 0 N–H and O–H groups in total. The molecule has 1 unspecified atom stereocenters. The first kappa shape index (κ1) is 16.0. The van der Waals surface area contributed by atoms with Gasteiger partial charge in [-0.3, -0.25) is 4.79 Å². The molecule has 0 aromatic carbocycles. The van der Waals surface area contributed by atoms with Crippen molar-refractivity contribution in [2.45, 2.75) is 63.6 Å². The first-order valence-corrected chi connectivity index (χ1v) is 8.35. The van der Waals surface area contributed by atoms with Crippen LogP contribution in [0.25, 0.3) is 0 Å². The number of rotatable bonds is 6. The molecule has 0 aromatic heterocycles. The minimum atomic E-state index is 0.291. The average molecular weight is 318 g/mol. The van der Waals surface area contributed by atoms with Crippen molar-refractivity contribution in [1.82, 2.24) is 4.90 Å². The van der Waals surface area contributed by atoms with Crippen molar-refractivity contribution in [3.05, 3.63) is 0 Å². The molecule has 0 bridgehead atoms. The maximum Gasteiger partial charge on any atom is 0.225 e. The summed E-state index contributed by atoms with van der Waals surface area (Å²) in [7, 11) is 1.93. The van der Waals surface area contributed by atoms with Crippen LogP contribution in [0.3, 0.4) is 0 Å². The van der Waals surface area contributed by atoms with E-state index in [-0.39, 0.29) is 0 Å². The van der Waals surface area contributed by atoms with Crippen LogP contribution in [0.2, 0.25) is 0 Å². The molecule has 18 heavy (non-hydrogen) atoms. The zero-order valence-corrected chi connectivity index (χ0v) is 13.7. The Bertz CT molecular complexity index is 247. The third-order valence-corrected chi connectivity index (χ3v) is 4.35. The van der Waals surface area contributed by atoms with Crippen molar-refractivity contribution >= 4 is 21.8 Å². The number of carbonyl (C=O) groups is 1. The van der Waals surface area contributed by atoms with Crippen molar-refractivity contribution in [1.29, 1.82) is 0 Å². The van der Waals surface area contributed by atoms with Crippen LogP contribution in [0.1, 0.15) is 58.8 Å². The fourth-order valence-electron chi connectivity index (χ4n) is 2.97. The topological polar surface area (TPSA) is 20.3 Å². The van der Waals surface area contributed by atoms with Gasteiger partial charge in [-0.2, -0.15) is 0 Å². The minimum Gasteiger partial charge on any atom is -0.344 e. The fourth-order valence-corrected chi connectivity index (χ4v) is 3.40. The quantitative estimate of drug-likeness (QED) is 0.671. The van der Waals surface area contributed by atoms with Gasteiger partial charge in [0.25, 0.3) is 0 Å². The number of hydrogen-bond acceptors (Lipinski definition) is 1. The third kappa shape index (κ3) is 5.29. The normalized spacial score (nSPS) is 25.8. The molecule has 0 saturated heterocycles. The Morgan fingerprint density at radius 3 is 2.44 bits per heavy atom. The molecular formula is C15H28BrNO. The highest BCUT2D eigenvalue weighted by Gasteiger charge is 2.28. The molecule has 1 aliphatic rings. The maximum absolute atomic E-state index is 12.3. The first-order chi connectivity index (χ1) is 8.54. The van der Waals surface area contributed by atoms with E-state index in [4.69, 9.17) is 0 Å². The standard InChI is InChI=1S/C15H28BrNO/c1-4-5-6-13-7-9-14(10-8-13)15(18)17(3)11-12(2)16/h12-14H,4-11H2,1-3H3. The van der Waals surface area contributed by atoms with Gasteiger partial charge < -0.3 is 4.90 Å². The van der Waals surface area contributed by atoms with Crippen LogP contribution in [0.15, 0.2) is 0 Å². The molecular weight excluding hydrogens is 290 g/mol. The molecule has 1 aliphatic carbocycles. The molecule has 106 valence electrons. The molecule has 0 aromatic rings. The van der Waals surface area contributed by atoms with E-state index in [1.54, 1.807) is 0 Å². The second kappa shape index (κ2) is 8.19. The summed E-state index contributed by atoms with van der Waals surface area (Å²) >= 11 is 3.51. The molecule has 1 saturated carbocycles. The highest BCUT2D eigenvalue weighted by atomic mass is 79.9. The van der Waals surface area contributed by atoms with Gasteiger partial charge in [0.1, 0.15) is 0 Å². The van der Waals surface area contributed by atoms with E-state index in [1.807, 2.05) is 11.9 Å². The van der Waals surface area contributed by atoms with Crippen molar-refractivity contribution in [2.75, 3.05) is 13.6 Å². The zero-order chi connectivity index (χ0) is 13.5. The minimum absolute atomic E-state index is 0.291. The van der Waals surface area contributed by atoms with Crippen molar-refractivity contribution in [3.63, 3.8) is 0 Å². The molecule has 3 heteroatoms. The van der Waals surface area contributed by atoms with Crippen LogP contribution in [0.5, 0.6) is 0 Å². The summed E-state index contributed by atoms with van der Waals surface area (Å²) < 4.78 is 0. The first-order valence-electron chi connectivity index (χ1n) is 7.43. The maximum atomic E-state index is 12.3. The summed E-state index contributed by atoms with van der Waals surface area (Å²) in [5.74, 6) is 1.53. The predicted octanol–water partition coefficient (Wildman–Crippen LogP) is 4.22. The summed E-state index contributed by atoms with van der Waals surface area (Å²) in [5.41, 5.74) is 0. The number of carbonyl (C=O) groups excluding carboxylic acids is 1. The lowest BCUT2D eigenvalue weighted by Gasteiger charge is -2.31. The van der Waals surface area contributed by atoms with E-state index in [9.17, 15) is 4.79 Å². The lowest BCUT2D eigenvalue weighted by molar-refractivity contribution is -0.135. The summed E-state index contributed by atoms with van der Waals surface area (Å²) in [6.07, 6.45) is 8.74. The molecule has 1 fully saturated rings. The van der Waals surface area contributed by atoms with Crippen molar-refractivity contribution in [2.24, 2.45) is 11.8 Å². The predicted molar refractivity (Wildman–Crippen MR) is 81.0 cm³/mol. The van der Waals surface area contributed by atoms with Gasteiger partial charge >= 0.3 is 0 Å². The third-order valence-electron chi connectivity index (χ3n) is 4.06. The van der Waals surface area contributed by atoms with Crippen molar-refractivity contribution in [3.8, 4) is 0 Å². The van der Waals surface area contributed by atoms with Crippen LogP contribution >= 0.6 is 15.9 Å². The van der Waals surface area contributed by atoms with Crippen LogP contribution in [0, 0.1) is 11.8 Å². The average Bonchev–Trinajstić information content (AvgIpc) is 2.35. The number of alkyl halides is 1. The lowest BCUT2D eigenvalue weighted by Crippen LogP contribution is -2.37. The van der Waals surface area contributed by atoms with E-state index in [1.165, 1.54) is 32.1 Å². The van der Waals surface area contributed by atoms with E-state index < -0.39 is 0 Å². The molecule has 0 spiro atoms. The Balaban J connectivity index is 2.31. The van der Waals surface area contributed by atoms with E-state index >= 15 is 0 Å². The monoisotopic (exact) mass is 317 g/mol. The van der Waals surface area contributed by atoms with E-state index in [2.05, 4.69) is 29.8 Å². The van der Waals surface area contributed by atoms with Gasteiger partial charge in [-0.15, -0.1) is 0 Å².